The number of rotatable bonds is 2. The van der Waals surface area contributed by atoms with E-state index in [0.717, 1.165) is 11.3 Å². The van der Waals surface area contributed by atoms with Gasteiger partial charge in [-0.3, -0.25) is 0 Å². The van der Waals surface area contributed by atoms with Crippen molar-refractivity contribution in [1.29, 1.82) is 0 Å². The minimum absolute atomic E-state index is 0.758. The van der Waals surface area contributed by atoms with Crippen molar-refractivity contribution < 1.29 is 0 Å². The first-order valence-electron chi connectivity index (χ1n) is 4.86. The van der Waals surface area contributed by atoms with Crippen LogP contribution in [0, 0.1) is 0 Å². The van der Waals surface area contributed by atoms with Crippen LogP contribution in [0.15, 0.2) is 36.4 Å². The smallest absolute Gasteiger partial charge is 0.135 e. The quantitative estimate of drug-likeness (QED) is 0.840. The molecule has 2 aromatic rings. The van der Waals surface area contributed by atoms with E-state index in [4.69, 9.17) is 0 Å². The van der Waals surface area contributed by atoms with E-state index >= 15 is 0 Å². The second-order valence-corrected chi connectivity index (χ2v) is 8.21. The van der Waals surface area contributed by atoms with Crippen molar-refractivity contribution in [3.8, 4) is 0 Å². The first-order chi connectivity index (χ1) is 7.04. The zero-order valence-corrected chi connectivity index (χ0v) is 10.1. The monoisotopic (exact) mass is 220 g/mol. The van der Waals surface area contributed by atoms with E-state index in [2.05, 4.69) is 40.6 Å². The Balaban J connectivity index is 2.39. The lowest BCUT2D eigenvalue weighted by Gasteiger charge is -2.27. The summed E-state index contributed by atoms with van der Waals surface area (Å²) in [5.74, 6) is 0.969. The maximum atomic E-state index is 4.57. The summed E-state index contributed by atoms with van der Waals surface area (Å²) in [6, 6.07) is 12.3. The number of benzene rings is 1. The molecule has 0 fully saturated rings. The molecule has 0 radical (unpaired) electrons. The lowest BCUT2D eigenvalue weighted by molar-refractivity contribution is 1.41. The number of nitrogens with zero attached hydrogens (tertiary/aromatic N) is 1. The average Bonchev–Trinajstić information content (AvgIpc) is 2.15. The Morgan fingerprint density at radius 1 is 1.00 bits per heavy atom. The van der Waals surface area contributed by atoms with Gasteiger partial charge in [-0.1, -0.05) is 18.2 Å². The molecular weight excluding hydrogens is 204 g/mol. The topological polar surface area (TPSA) is 24.9 Å². The number of fused-ring (bicyclic) bond motifs is 1. The number of pyridine rings is 1. The van der Waals surface area contributed by atoms with Gasteiger partial charge in [0.1, 0.15) is 5.82 Å². The molecule has 1 aromatic heterocycles. The highest BCUT2D eigenvalue weighted by molar-refractivity contribution is 8.33. The van der Waals surface area contributed by atoms with Crippen LogP contribution in [0.5, 0.6) is 0 Å². The minimum Gasteiger partial charge on any atom is -0.333 e. The predicted octanol–water partition coefficient (Wildman–Crippen LogP) is 3.26. The minimum atomic E-state index is -0.758. The Hall–Kier alpha value is -1.22. The van der Waals surface area contributed by atoms with Gasteiger partial charge in [0.25, 0.3) is 0 Å². The van der Waals surface area contributed by atoms with Gasteiger partial charge in [0.15, 0.2) is 0 Å². The molecule has 0 amide bonds. The van der Waals surface area contributed by atoms with Gasteiger partial charge in [-0.05, 0) is 37.0 Å². The number of aromatic nitrogens is 1. The standard InChI is InChI=1S/C12H16N2S/c1-15(2,3)14-12-9-8-10-6-4-5-7-11(10)13-12/h4-9H,1-3H3,(H,13,14). The highest BCUT2D eigenvalue weighted by Crippen LogP contribution is 2.34. The molecule has 0 unspecified atom stereocenters. The second kappa shape index (κ2) is 3.74. The Labute approximate surface area is 92.2 Å². The number of para-hydroxylation sites is 1. The summed E-state index contributed by atoms with van der Waals surface area (Å²) >= 11 is 0. The zero-order chi connectivity index (χ0) is 10.9. The van der Waals surface area contributed by atoms with E-state index < -0.39 is 10.2 Å². The normalized spacial score (nSPS) is 12.7. The molecule has 15 heavy (non-hydrogen) atoms. The molecule has 1 N–H and O–H groups in total. The van der Waals surface area contributed by atoms with E-state index in [1.54, 1.807) is 0 Å². The largest absolute Gasteiger partial charge is 0.333 e. The number of hydrogen-bond acceptors (Lipinski definition) is 2. The fourth-order valence-electron chi connectivity index (χ4n) is 1.44. The van der Waals surface area contributed by atoms with Crippen LogP contribution >= 0.6 is 10.2 Å². The van der Waals surface area contributed by atoms with Gasteiger partial charge in [0.2, 0.25) is 0 Å². The molecule has 0 saturated carbocycles. The second-order valence-electron chi connectivity index (χ2n) is 4.33. The van der Waals surface area contributed by atoms with Crippen molar-refractivity contribution >= 4 is 26.9 Å². The number of anilines is 1. The van der Waals surface area contributed by atoms with Crippen LogP contribution in [-0.2, 0) is 0 Å². The number of hydrogen-bond donors (Lipinski definition) is 1. The van der Waals surface area contributed by atoms with Gasteiger partial charge >= 0.3 is 0 Å². The fourth-order valence-corrected chi connectivity index (χ4v) is 2.18. The molecule has 3 heteroatoms. The van der Waals surface area contributed by atoms with Gasteiger partial charge < -0.3 is 4.72 Å². The number of nitrogens with one attached hydrogen (secondary N) is 1. The fraction of sp³-hybridized carbons (Fsp3) is 0.250. The van der Waals surface area contributed by atoms with Crippen molar-refractivity contribution in [2.75, 3.05) is 23.5 Å². The Morgan fingerprint density at radius 2 is 1.73 bits per heavy atom. The molecule has 0 saturated heterocycles. The maximum absolute atomic E-state index is 4.57. The highest BCUT2D eigenvalue weighted by Gasteiger charge is 2.04. The molecule has 0 atom stereocenters. The van der Waals surface area contributed by atoms with Crippen LogP contribution in [0.25, 0.3) is 10.9 Å². The third-order valence-electron chi connectivity index (χ3n) is 2.01. The van der Waals surface area contributed by atoms with E-state index in [1.165, 1.54) is 5.39 Å². The molecule has 1 aromatic carbocycles. The predicted molar refractivity (Wildman–Crippen MR) is 70.7 cm³/mol. The van der Waals surface area contributed by atoms with Crippen molar-refractivity contribution in [2.24, 2.45) is 0 Å². The van der Waals surface area contributed by atoms with E-state index in [-0.39, 0.29) is 0 Å². The third-order valence-corrected chi connectivity index (χ3v) is 2.83. The van der Waals surface area contributed by atoms with E-state index in [0.29, 0.717) is 0 Å². The Kier molecular flexibility index (Phi) is 2.57. The van der Waals surface area contributed by atoms with Crippen molar-refractivity contribution in [2.45, 2.75) is 0 Å². The molecular formula is C12H16N2S. The highest BCUT2D eigenvalue weighted by atomic mass is 32.3. The van der Waals surface area contributed by atoms with Gasteiger partial charge in [0.05, 0.1) is 5.52 Å². The molecule has 0 aliphatic carbocycles. The zero-order valence-electron chi connectivity index (χ0n) is 9.32. The summed E-state index contributed by atoms with van der Waals surface area (Å²) in [5, 5.41) is 1.19. The van der Waals surface area contributed by atoms with Crippen LogP contribution in [0.4, 0.5) is 5.82 Å². The van der Waals surface area contributed by atoms with Crippen molar-refractivity contribution in [3.63, 3.8) is 0 Å². The van der Waals surface area contributed by atoms with Crippen LogP contribution in [-0.4, -0.2) is 23.8 Å². The molecule has 0 spiro atoms. The van der Waals surface area contributed by atoms with Crippen LogP contribution in [0.1, 0.15) is 0 Å². The molecule has 2 rings (SSSR count). The summed E-state index contributed by atoms with van der Waals surface area (Å²) in [4.78, 5) is 4.57. The lowest BCUT2D eigenvalue weighted by Crippen LogP contribution is -2.06. The molecule has 0 bridgehead atoms. The summed E-state index contributed by atoms with van der Waals surface area (Å²) in [6.07, 6.45) is 6.64. The summed E-state index contributed by atoms with van der Waals surface area (Å²) < 4.78 is 3.45. The van der Waals surface area contributed by atoms with Gasteiger partial charge in [0, 0.05) is 5.39 Å². The van der Waals surface area contributed by atoms with Gasteiger partial charge in [-0.25, -0.2) is 4.98 Å². The third kappa shape index (κ3) is 2.63. The van der Waals surface area contributed by atoms with Gasteiger partial charge in [-0.15, -0.1) is 0 Å². The first kappa shape index (κ1) is 10.3. The SMILES string of the molecule is CS(C)(C)Nc1ccc2ccccc2n1. The van der Waals surface area contributed by atoms with E-state index in [1.807, 2.05) is 24.3 Å². The molecule has 0 aliphatic heterocycles. The Morgan fingerprint density at radius 3 is 2.47 bits per heavy atom. The van der Waals surface area contributed by atoms with Crippen molar-refractivity contribution in [1.82, 2.24) is 4.98 Å². The molecule has 1 heterocycles. The molecule has 0 aliphatic rings. The maximum Gasteiger partial charge on any atom is 0.135 e. The summed E-state index contributed by atoms with van der Waals surface area (Å²) in [6.45, 7) is 0. The summed E-state index contributed by atoms with van der Waals surface area (Å²) in [7, 11) is -0.758. The van der Waals surface area contributed by atoms with Crippen LogP contribution < -0.4 is 4.72 Å². The first-order valence-corrected chi connectivity index (χ1v) is 7.72. The van der Waals surface area contributed by atoms with E-state index in [9.17, 15) is 0 Å². The summed E-state index contributed by atoms with van der Waals surface area (Å²) in [5.41, 5.74) is 1.05. The Bertz CT molecular complexity index is 474. The lowest BCUT2D eigenvalue weighted by atomic mass is 10.2. The van der Waals surface area contributed by atoms with Crippen LogP contribution in [0.2, 0.25) is 0 Å². The van der Waals surface area contributed by atoms with Gasteiger partial charge in [-0.2, -0.15) is 10.2 Å². The molecule has 80 valence electrons. The van der Waals surface area contributed by atoms with Crippen LogP contribution in [0.3, 0.4) is 0 Å². The molecule has 2 nitrogen and oxygen atoms in total. The van der Waals surface area contributed by atoms with Crippen molar-refractivity contribution in [3.05, 3.63) is 36.4 Å². The average molecular weight is 220 g/mol.